The van der Waals surface area contributed by atoms with E-state index in [1.165, 1.54) is 12.0 Å². The number of hydrogen-bond donors (Lipinski definition) is 2. The smallest absolute Gasteiger partial charge is 0.229 e. The van der Waals surface area contributed by atoms with E-state index in [4.69, 9.17) is 9.97 Å². The maximum Gasteiger partial charge on any atom is 0.229 e. The molecule has 0 bridgehead atoms. The average Bonchev–Trinajstić information content (AvgIpc) is 3.07. The van der Waals surface area contributed by atoms with Crippen LogP contribution in [0.4, 0.5) is 17.5 Å². The number of nitrogens with zero attached hydrogens (tertiary/aromatic N) is 6. The molecule has 8 nitrogen and oxygen atoms in total. The quantitative estimate of drug-likeness (QED) is 0.349. The molecule has 188 valence electrons. The highest BCUT2D eigenvalue weighted by Gasteiger charge is 2.22. The minimum atomic E-state index is 0.209. The first-order chi connectivity index (χ1) is 17.4. The van der Waals surface area contributed by atoms with Crippen molar-refractivity contribution in [2.45, 2.75) is 52.4 Å². The molecule has 8 heteroatoms. The molecule has 1 atom stereocenters. The van der Waals surface area contributed by atoms with Gasteiger partial charge in [-0.2, -0.15) is 9.97 Å². The first-order valence-corrected chi connectivity index (χ1v) is 12.8. The number of phenolic OH excluding ortho intramolecular Hbond substituents is 1. The number of aryl methyl sites for hydroxylation is 2. The van der Waals surface area contributed by atoms with Crippen LogP contribution in [0.3, 0.4) is 0 Å². The summed E-state index contributed by atoms with van der Waals surface area (Å²) in [6, 6.07) is 8.08. The Bertz CT molecular complexity index is 1350. The van der Waals surface area contributed by atoms with Crippen molar-refractivity contribution in [3.8, 4) is 5.75 Å². The third-order valence-corrected chi connectivity index (χ3v) is 7.21. The Morgan fingerprint density at radius 2 is 1.92 bits per heavy atom. The van der Waals surface area contributed by atoms with Crippen molar-refractivity contribution >= 4 is 28.6 Å². The Morgan fingerprint density at radius 1 is 1.11 bits per heavy atom. The number of pyridine rings is 1. The summed E-state index contributed by atoms with van der Waals surface area (Å²) in [5, 5.41) is 14.0. The number of imidazole rings is 1. The van der Waals surface area contributed by atoms with E-state index < -0.39 is 0 Å². The van der Waals surface area contributed by atoms with Crippen LogP contribution in [0.5, 0.6) is 5.75 Å². The zero-order valence-electron chi connectivity index (χ0n) is 21.6. The second-order valence-corrected chi connectivity index (χ2v) is 10.2. The van der Waals surface area contributed by atoms with Crippen molar-refractivity contribution in [3.05, 3.63) is 59.7 Å². The number of benzene rings is 1. The number of hydrogen-bond acceptors (Lipinski definition) is 7. The molecule has 0 aliphatic carbocycles. The van der Waals surface area contributed by atoms with Crippen LogP contribution < -0.4 is 10.2 Å². The molecule has 0 spiro atoms. The number of anilines is 3. The molecule has 2 N–H and O–H groups in total. The highest BCUT2D eigenvalue weighted by atomic mass is 16.3. The van der Waals surface area contributed by atoms with E-state index in [1.54, 1.807) is 6.33 Å². The molecule has 36 heavy (non-hydrogen) atoms. The van der Waals surface area contributed by atoms with Crippen LogP contribution in [-0.2, 0) is 13.5 Å². The summed E-state index contributed by atoms with van der Waals surface area (Å²) in [5.41, 5.74) is 5.70. The molecule has 1 unspecified atom stereocenters. The van der Waals surface area contributed by atoms with Crippen molar-refractivity contribution in [2.24, 2.45) is 13.0 Å². The predicted molar refractivity (Wildman–Crippen MR) is 144 cm³/mol. The summed E-state index contributed by atoms with van der Waals surface area (Å²) in [6.45, 7) is 8.01. The lowest BCUT2D eigenvalue weighted by molar-refractivity contribution is 0.464. The van der Waals surface area contributed by atoms with Gasteiger partial charge in [0, 0.05) is 38.2 Å². The molecule has 1 aliphatic heterocycles. The van der Waals surface area contributed by atoms with Gasteiger partial charge in [-0.3, -0.25) is 4.98 Å². The van der Waals surface area contributed by atoms with E-state index in [0.717, 1.165) is 60.5 Å². The molecule has 1 aromatic carbocycles. The zero-order chi connectivity index (χ0) is 25.2. The van der Waals surface area contributed by atoms with Crippen LogP contribution >= 0.6 is 0 Å². The van der Waals surface area contributed by atoms with Gasteiger partial charge in [0.1, 0.15) is 11.3 Å². The fourth-order valence-electron chi connectivity index (χ4n) is 5.13. The molecule has 5 rings (SSSR count). The summed E-state index contributed by atoms with van der Waals surface area (Å²) in [5.74, 6) is 2.63. The number of rotatable bonds is 6. The average molecular weight is 486 g/mol. The fraction of sp³-hybridized carbons (Fsp3) is 0.429. The molecule has 1 aliphatic rings. The van der Waals surface area contributed by atoms with Gasteiger partial charge < -0.3 is 19.9 Å². The Balaban J connectivity index is 1.43. The van der Waals surface area contributed by atoms with Crippen molar-refractivity contribution in [3.63, 3.8) is 0 Å². The summed E-state index contributed by atoms with van der Waals surface area (Å²) in [4.78, 5) is 20.9. The Kier molecular flexibility index (Phi) is 6.76. The minimum Gasteiger partial charge on any atom is -0.508 e. The molecule has 3 aromatic heterocycles. The molecule has 0 amide bonds. The maximum absolute atomic E-state index is 10.4. The van der Waals surface area contributed by atoms with Gasteiger partial charge in [-0.15, -0.1) is 0 Å². The second-order valence-electron chi connectivity index (χ2n) is 10.2. The van der Waals surface area contributed by atoms with E-state index in [1.807, 2.05) is 43.1 Å². The third kappa shape index (κ3) is 4.98. The number of aromatic nitrogens is 5. The molecule has 0 saturated carbocycles. The molecule has 1 saturated heterocycles. The summed E-state index contributed by atoms with van der Waals surface area (Å²) < 4.78 is 1.95. The van der Waals surface area contributed by atoms with Crippen molar-refractivity contribution < 1.29 is 5.11 Å². The number of phenols is 1. The predicted octanol–water partition coefficient (Wildman–Crippen LogP) is 5.49. The summed E-state index contributed by atoms with van der Waals surface area (Å²) >= 11 is 0. The summed E-state index contributed by atoms with van der Waals surface area (Å²) in [7, 11) is 1.96. The number of fused-ring (bicyclic) bond motifs is 1. The molecule has 4 heterocycles. The van der Waals surface area contributed by atoms with Crippen molar-refractivity contribution in [1.82, 2.24) is 24.5 Å². The van der Waals surface area contributed by atoms with Gasteiger partial charge in [-0.1, -0.05) is 13.8 Å². The van der Waals surface area contributed by atoms with Crippen molar-refractivity contribution in [1.29, 1.82) is 0 Å². The van der Waals surface area contributed by atoms with Gasteiger partial charge in [-0.25, -0.2) is 4.98 Å². The fourth-order valence-corrected chi connectivity index (χ4v) is 5.13. The Labute approximate surface area is 212 Å². The molecule has 4 aromatic rings. The van der Waals surface area contributed by atoms with Crippen LogP contribution in [0.15, 0.2) is 43.0 Å². The van der Waals surface area contributed by atoms with Gasteiger partial charge in [0.15, 0.2) is 11.5 Å². The number of nitrogens with one attached hydrogen (secondary N) is 1. The van der Waals surface area contributed by atoms with E-state index in [-0.39, 0.29) is 5.92 Å². The van der Waals surface area contributed by atoms with E-state index in [2.05, 4.69) is 46.2 Å². The van der Waals surface area contributed by atoms with Gasteiger partial charge in [-0.05, 0) is 85.4 Å². The Morgan fingerprint density at radius 3 is 2.69 bits per heavy atom. The van der Waals surface area contributed by atoms with Gasteiger partial charge in [0.25, 0.3) is 0 Å². The monoisotopic (exact) mass is 485 g/mol. The lowest BCUT2D eigenvalue weighted by Gasteiger charge is -2.22. The van der Waals surface area contributed by atoms with Crippen LogP contribution in [0.25, 0.3) is 11.2 Å². The molecule has 0 radical (unpaired) electrons. The third-order valence-electron chi connectivity index (χ3n) is 7.21. The van der Waals surface area contributed by atoms with Crippen LogP contribution in [0.1, 0.15) is 55.7 Å². The standard InChI is InChI=1S/C28H35N7O/c1-18(2)22-16-23(19(3)14-24(22)36)31-27-25-26(30-17-34(25)4)32-28(33-27)35-12-5-6-20(9-13-35)15-21-7-10-29-11-8-21/h7-8,10-11,14,16-18,20,36H,5-6,9,12-13,15H2,1-4H3,(H,31,32,33). The highest BCUT2D eigenvalue weighted by Crippen LogP contribution is 2.34. The zero-order valence-corrected chi connectivity index (χ0v) is 21.6. The van der Waals surface area contributed by atoms with Crippen LogP contribution in [-0.4, -0.2) is 42.7 Å². The molecular weight excluding hydrogens is 450 g/mol. The van der Waals surface area contributed by atoms with E-state index >= 15 is 0 Å². The van der Waals surface area contributed by atoms with Gasteiger partial charge in [0.2, 0.25) is 5.95 Å². The maximum atomic E-state index is 10.4. The highest BCUT2D eigenvalue weighted by molar-refractivity contribution is 5.87. The topological polar surface area (TPSA) is 92.0 Å². The van der Waals surface area contributed by atoms with E-state index in [9.17, 15) is 5.11 Å². The Hall–Kier alpha value is -3.68. The van der Waals surface area contributed by atoms with Gasteiger partial charge >= 0.3 is 0 Å². The number of aromatic hydroxyl groups is 1. The van der Waals surface area contributed by atoms with Crippen LogP contribution in [0, 0.1) is 12.8 Å². The normalized spacial score (nSPS) is 16.5. The minimum absolute atomic E-state index is 0.209. The first kappa shape index (κ1) is 24.0. The lowest BCUT2D eigenvalue weighted by atomic mass is 9.93. The van der Waals surface area contributed by atoms with Crippen molar-refractivity contribution in [2.75, 3.05) is 23.3 Å². The SMILES string of the molecule is Cc1cc(O)c(C(C)C)cc1Nc1nc(N2CCCC(Cc3ccncc3)CC2)nc2ncn(C)c12. The molecular formula is C28H35N7O. The largest absolute Gasteiger partial charge is 0.508 e. The summed E-state index contributed by atoms with van der Waals surface area (Å²) in [6.07, 6.45) is 10.0. The van der Waals surface area contributed by atoms with Gasteiger partial charge in [0.05, 0.1) is 6.33 Å². The van der Waals surface area contributed by atoms with E-state index in [0.29, 0.717) is 23.3 Å². The first-order valence-electron chi connectivity index (χ1n) is 12.8. The second kappa shape index (κ2) is 10.1. The lowest BCUT2D eigenvalue weighted by Crippen LogP contribution is -2.26. The molecule has 1 fully saturated rings. The van der Waals surface area contributed by atoms with Crippen LogP contribution in [0.2, 0.25) is 0 Å².